The van der Waals surface area contributed by atoms with Crippen molar-refractivity contribution < 1.29 is 13.2 Å². The molecule has 4 nitrogen and oxygen atoms in total. The molecule has 0 unspecified atom stereocenters. The predicted molar refractivity (Wildman–Crippen MR) is 118 cm³/mol. The second-order valence-electron chi connectivity index (χ2n) is 8.42. The highest BCUT2D eigenvalue weighted by Crippen LogP contribution is 2.36. The molecule has 3 aromatic rings. The summed E-state index contributed by atoms with van der Waals surface area (Å²) in [4.78, 5) is 6.89. The van der Waals surface area contributed by atoms with Crippen molar-refractivity contribution in [3.63, 3.8) is 0 Å². The van der Waals surface area contributed by atoms with Gasteiger partial charge in [-0.15, -0.1) is 0 Å². The van der Waals surface area contributed by atoms with Crippen molar-refractivity contribution >= 4 is 28.3 Å². The maximum Gasteiger partial charge on any atom is 0.416 e. The summed E-state index contributed by atoms with van der Waals surface area (Å²) in [7, 11) is 1.83. The molecule has 0 bridgehead atoms. The van der Waals surface area contributed by atoms with Gasteiger partial charge in [0.1, 0.15) is 5.82 Å². The first-order chi connectivity index (χ1) is 14.7. The van der Waals surface area contributed by atoms with Gasteiger partial charge in [-0.3, -0.25) is 0 Å². The van der Waals surface area contributed by atoms with E-state index in [9.17, 15) is 13.2 Å². The maximum absolute atomic E-state index is 13.5. The summed E-state index contributed by atoms with van der Waals surface area (Å²) >= 11 is 6.57. The van der Waals surface area contributed by atoms with Gasteiger partial charge in [0.25, 0.3) is 0 Å². The van der Waals surface area contributed by atoms with Gasteiger partial charge in [0, 0.05) is 33.1 Å². The minimum atomic E-state index is -4.44. The van der Waals surface area contributed by atoms with Crippen LogP contribution in [0, 0.1) is 5.92 Å². The maximum atomic E-state index is 13.5. The van der Waals surface area contributed by atoms with Crippen LogP contribution in [0.1, 0.15) is 42.3 Å². The Morgan fingerprint density at radius 2 is 1.87 bits per heavy atom. The van der Waals surface area contributed by atoms with Gasteiger partial charge in [-0.1, -0.05) is 30.7 Å². The summed E-state index contributed by atoms with van der Waals surface area (Å²) in [5.41, 5.74) is 8.32. The van der Waals surface area contributed by atoms with E-state index in [2.05, 4.69) is 16.8 Å². The number of alkyl halides is 3. The number of aryl methyl sites for hydroxylation is 1. The molecular formula is C23H26ClF3N4. The third-order valence-corrected chi connectivity index (χ3v) is 6.53. The first-order valence-electron chi connectivity index (χ1n) is 10.5. The zero-order valence-electron chi connectivity index (χ0n) is 17.6. The van der Waals surface area contributed by atoms with E-state index in [0.717, 1.165) is 43.2 Å². The van der Waals surface area contributed by atoms with Crippen LogP contribution >= 0.6 is 11.6 Å². The SMILES string of the molecule is CC1CCN(c2cc3c(cc2Cl)nc(Cc2cc(CN)ccc2C(F)(F)F)n3C)CC1. The Morgan fingerprint density at radius 3 is 2.52 bits per heavy atom. The average molecular weight is 451 g/mol. The predicted octanol–water partition coefficient (Wildman–Crippen LogP) is 5.53. The number of hydrogen-bond acceptors (Lipinski definition) is 3. The van der Waals surface area contributed by atoms with Crippen LogP contribution in [0.3, 0.4) is 0 Å². The number of piperidine rings is 1. The monoisotopic (exact) mass is 450 g/mol. The third-order valence-electron chi connectivity index (χ3n) is 6.23. The molecule has 1 aliphatic rings. The number of aromatic nitrogens is 2. The Hall–Kier alpha value is -2.25. The van der Waals surface area contributed by atoms with Crippen molar-refractivity contribution in [1.29, 1.82) is 0 Å². The molecule has 1 aromatic heterocycles. The first kappa shape index (κ1) is 22.0. The van der Waals surface area contributed by atoms with E-state index < -0.39 is 11.7 Å². The molecule has 1 aliphatic heterocycles. The lowest BCUT2D eigenvalue weighted by molar-refractivity contribution is -0.138. The first-order valence-corrected chi connectivity index (χ1v) is 10.8. The second-order valence-corrected chi connectivity index (χ2v) is 8.83. The molecular weight excluding hydrogens is 425 g/mol. The minimum absolute atomic E-state index is 0.0576. The van der Waals surface area contributed by atoms with Crippen LogP contribution in [0.4, 0.5) is 18.9 Å². The Bertz CT molecular complexity index is 1100. The standard InChI is InChI=1S/C23H26ClF3N4/c1-14-5-7-31(8-6-14)20-12-21-19(11-18(20)24)29-22(30(21)2)10-16-9-15(13-28)3-4-17(16)23(25,26)27/h3-4,9,11-12,14H,5-8,10,13,28H2,1-2H3. The topological polar surface area (TPSA) is 47.1 Å². The van der Waals surface area contributed by atoms with Gasteiger partial charge >= 0.3 is 6.18 Å². The van der Waals surface area contributed by atoms with Gasteiger partial charge < -0.3 is 15.2 Å². The molecule has 2 aromatic carbocycles. The van der Waals surface area contributed by atoms with Crippen LogP contribution in [0.15, 0.2) is 30.3 Å². The fraction of sp³-hybridized carbons (Fsp3) is 0.435. The van der Waals surface area contributed by atoms with E-state index in [1.54, 1.807) is 0 Å². The molecule has 0 spiro atoms. The van der Waals surface area contributed by atoms with Gasteiger partial charge in [0.15, 0.2) is 0 Å². The Morgan fingerprint density at radius 1 is 1.16 bits per heavy atom. The summed E-state index contributed by atoms with van der Waals surface area (Å²) < 4.78 is 42.5. The number of benzene rings is 2. The number of rotatable bonds is 4. The van der Waals surface area contributed by atoms with E-state index in [0.29, 0.717) is 27.8 Å². The van der Waals surface area contributed by atoms with Crippen LogP contribution in [0.2, 0.25) is 5.02 Å². The van der Waals surface area contributed by atoms with Crippen molar-refractivity contribution in [2.24, 2.45) is 18.7 Å². The zero-order valence-corrected chi connectivity index (χ0v) is 18.4. The second kappa shape index (κ2) is 8.36. The van der Waals surface area contributed by atoms with Crippen molar-refractivity contribution in [2.45, 2.75) is 38.9 Å². The summed E-state index contributed by atoms with van der Waals surface area (Å²) in [6, 6.07) is 7.87. The number of nitrogens with two attached hydrogens (primary N) is 1. The average Bonchev–Trinajstić information content (AvgIpc) is 3.01. The quantitative estimate of drug-likeness (QED) is 0.568. The highest BCUT2D eigenvalue weighted by atomic mass is 35.5. The van der Waals surface area contributed by atoms with Crippen LogP contribution in [0.25, 0.3) is 11.0 Å². The number of fused-ring (bicyclic) bond motifs is 1. The zero-order chi connectivity index (χ0) is 22.3. The molecule has 1 saturated heterocycles. The smallest absolute Gasteiger partial charge is 0.370 e. The molecule has 1 fully saturated rings. The Kier molecular flexibility index (Phi) is 5.92. The van der Waals surface area contributed by atoms with Crippen LogP contribution in [-0.2, 0) is 26.2 Å². The number of nitrogens with zero attached hydrogens (tertiary/aromatic N) is 3. The number of halogens is 4. The van der Waals surface area contributed by atoms with Crippen LogP contribution in [0.5, 0.6) is 0 Å². The molecule has 2 heterocycles. The van der Waals surface area contributed by atoms with E-state index in [4.69, 9.17) is 17.3 Å². The lowest BCUT2D eigenvalue weighted by Gasteiger charge is -2.32. The van der Waals surface area contributed by atoms with Crippen molar-refractivity contribution in [3.05, 3.63) is 57.9 Å². The lowest BCUT2D eigenvalue weighted by atomic mass is 9.99. The van der Waals surface area contributed by atoms with E-state index in [1.165, 1.54) is 12.1 Å². The molecule has 8 heteroatoms. The van der Waals surface area contributed by atoms with Crippen molar-refractivity contribution in [1.82, 2.24) is 9.55 Å². The Balaban J connectivity index is 1.72. The summed E-state index contributed by atoms with van der Waals surface area (Å²) in [6.45, 7) is 4.32. The normalized spacial score (nSPS) is 15.8. The molecule has 31 heavy (non-hydrogen) atoms. The van der Waals surface area contributed by atoms with E-state index >= 15 is 0 Å². The van der Waals surface area contributed by atoms with E-state index in [-0.39, 0.29) is 18.5 Å². The third kappa shape index (κ3) is 4.39. The molecule has 4 rings (SSSR count). The molecule has 0 atom stereocenters. The van der Waals surface area contributed by atoms with Crippen LogP contribution in [-0.4, -0.2) is 22.6 Å². The van der Waals surface area contributed by atoms with Gasteiger partial charge in [-0.2, -0.15) is 13.2 Å². The fourth-order valence-corrected chi connectivity index (χ4v) is 4.55. The van der Waals surface area contributed by atoms with Crippen molar-refractivity contribution in [2.75, 3.05) is 18.0 Å². The molecule has 2 N–H and O–H groups in total. The van der Waals surface area contributed by atoms with Gasteiger partial charge in [-0.25, -0.2) is 4.98 Å². The molecule has 0 saturated carbocycles. The highest BCUT2D eigenvalue weighted by molar-refractivity contribution is 6.34. The van der Waals surface area contributed by atoms with Crippen molar-refractivity contribution in [3.8, 4) is 0 Å². The largest absolute Gasteiger partial charge is 0.416 e. The van der Waals surface area contributed by atoms with Gasteiger partial charge in [0.05, 0.1) is 27.3 Å². The summed E-state index contributed by atoms with van der Waals surface area (Å²) in [6.07, 6.45) is -2.15. The minimum Gasteiger partial charge on any atom is -0.370 e. The van der Waals surface area contributed by atoms with E-state index in [1.807, 2.05) is 23.7 Å². The number of imidazole rings is 1. The summed E-state index contributed by atoms with van der Waals surface area (Å²) in [5.74, 6) is 1.25. The molecule has 0 amide bonds. The number of hydrogen-bond donors (Lipinski definition) is 1. The van der Waals surface area contributed by atoms with Gasteiger partial charge in [-0.05, 0) is 48.1 Å². The van der Waals surface area contributed by atoms with Crippen LogP contribution < -0.4 is 10.6 Å². The van der Waals surface area contributed by atoms with Gasteiger partial charge in [0.2, 0.25) is 0 Å². The molecule has 166 valence electrons. The highest BCUT2D eigenvalue weighted by Gasteiger charge is 2.33. The summed E-state index contributed by atoms with van der Waals surface area (Å²) in [5, 5.41) is 0.618. The molecule has 0 radical (unpaired) electrons. The molecule has 0 aliphatic carbocycles. The lowest BCUT2D eigenvalue weighted by Crippen LogP contribution is -2.32. The Labute approximate surface area is 184 Å². The fourth-order valence-electron chi connectivity index (χ4n) is 4.27. The number of anilines is 1.